The first-order valence-electron chi connectivity index (χ1n) is 7.34. The largest absolute Gasteiger partial charge is 0.377 e. The summed E-state index contributed by atoms with van der Waals surface area (Å²) in [6, 6.07) is 2.22. The molecule has 22 heavy (non-hydrogen) atoms. The maximum atomic E-state index is 11.4. The second-order valence-electron chi connectivity index (χ2n) is 5.39. The van der Waals surface area contributed by atoms with Crippen LogP contribution in [0.3, 0.4) is 0 Å². The van der Waals surface area contributed by atoms with Crippen molar-refractivity contribution < 1.29 is 4.79 Å². The maximum absolute atomic E-state index is 11.4. The van der Waals surface area contributed by atoms with Gasteiger partial charge in [0.25, 0.3) is 0 Å². The second-order valence-corrected chi connectivity index (χ2v) is 6.36. The zero-order chi connectivity index (χ0) is 16.1. The number of aldehydes is 1. The Balaban J connectivity index is 2.44. The third-order valence-electron chi connectivity index (χ3n) is 3.58. The average molecular weight is 318 g/mol. The fraction of sp³-hybridized carbons (Fsp3) is 0.438. The molecule has 0 fully saturated rings. The minimum atomic E-state index is 0.257. The molecular weight excluding hydrogens is 296 g/mol. The lowest BCUT2D eigenvalue weighted by atomic mass is 10.1. The normalized spacial score (nSPS) is 15.6. The summed E-state index contributed by atoms with van der Waals surface area (Å²) in [5.74, 6) is 0.625. The topological polar surface area (TPSA) is 57.6 Å². The number of aliphatic imine (C=N–C) groups is 1. The van der Waals surface area contributed by atoms with Crippen molar-refractivity contribution in [3.8, 4) is 0 Å². The van der Waals surface area contributed by atoms with E-state index >= 15 is 0 Å². The van der Waals surface area contributed by atoms with Gasteiger partial charge in [-0.3, -0.25) is 9.79 Å². The van der Waals surface area contributed by atoms with Crippen LogP contribution in [-0.4, -0.2) is 43.5 Å². The van der Waals surface area contributed by atoms with Gasteiger partial charge in [-0.15, -0.1) is 11.8 Å². The van der Waals surface area contributed by atoms with E-state index < -0.39 is 0 Å². The van der Waals surface area contributed by atoms with E-state index in [9.17, 15) is 4.79 Å². The molecule has 1 aliphatic rings. The summed E-state index contributed by atoms with van der Waals surface area (Å²) in [5, 5.41) is 4.16. The molecule has 0 saturated heterocycles. The van der Waals surface area contributed by atoms with Crippen molar-refractivity contribution in [2.45, 2.75) is 31.3 Å². The summed E-state index contributed by atoms with van der Waals surface area (Å²) in [7, 11) is 3.97. The molecular formula is C16H22N4OS. The molecule has 0 bridgehead atoms. The number of anilines is 1. The zero-order valence-corrected chi connectivity index (χ0v) is 14.3. The first kappa shape index (κ1) is 16.5. The predicted molar refractivity (Wildman–Crippen MR) is 93.7 cm³/mol. The van der Waals surface area contributed by atoms with Crippen molar-refractivity contribution in [1.29, 1.82) is 0 Å². The second kappa shape index (κ2) is 7.45. The first-order chi connectivity index (χ1) is 10.6. The molecule has 0 saturated carbocycles. The molecule has 1 aliphatic heterocycles. The number of thioether (sulfide) groups is 1. The van der Waals surface area contributed by atoms with Crippen LogP contribution in [0.2, 0.25) is 0 Å². The number of hydrogen-bond acceptors (Lipinski definition) is 5. The van der Waals surface area contributed by atoms with E-state index in [2.05, 4.69) is 29.1 Å². The smallest absolute Gasteiger partial charge is 0.148 e. The van der Waals surface area contributed by atoms with Crippen molar-refractivity contribution in [2.75, 3.05) is 24.7 Å². The van der Waals surface area contributed by atoms with Crippen LogP contribution in [0.15, 0.2) is 27.9 Å². The van der Waals surface area contributed by atoms with Crippen molar-refractivity contribution >= 4 is 35.8 Å². The number of carbonyl (C=O) groups excluding carboxylic acids is 1. The van der Waals surface area contributed by atoms with Crippen molar-refractivity contribution in [2.24, 2.45) is 4.99 Å². The lowest BCUT2D eigenvalue weighted by Gasteiger charge is -2.25. The number of aromatic nitrogens is 1. The van der Waals surface area contributed by atoms with Crippen molar-refractivity contribution in [3.63, 3.8) is 0 Å². The minimum absolute atomic E-state index is 0.257. The molecule has 0 radical (unpaired) electrons. The quantitative estimate of drug-likeness (QED) is 0.496. The van der Waals surface area contributed by atoms with Gasteiger partial charge < -0.3 is 10.2 Å². The van der Waals surface area contributed by atoms with E-state index in [4.69, 9.17) is 0 Å². The van der Waals surface area contributed by atoms with Gasteiger partial charge in [0.2, 0.25) is 0 Å². The molecule has 1 aromatic heterocycles. The van der Waals surface area contributed by atoms with E-state index in [1.807, 2.05) is 25.1 Å². The van der Waals surface area contributed by atoms with Crippen LogP contribution in [0.25, 0.3) is 5.70 Å². The van der Waals surface area contributed by atoms with Crippen LogP contribution >= 0.6 is 11.8 Å². The number of pyridine rings is 1. The highest BCUT2D eigenvalue weighted by atomic mass is 32.2. The first-order valence-corrected chi connectivity index (χ1v) is 8.33. The van der Waals surface area contributed by atoms with Crippen LogP contribution in [0.4, 0.5) is 5.69 Å². The van der Waals surface area contributed by atoms with Gasteiger partial charge in [-0.05, 0) is 19.4 Å². The molecule has 1 aromatic rings. The number of hydrogen-bond donors (Lipinski definition) is 1. The Morgan fingerprint density at radius 2 is 2.32 bits per heavy atom. The van der Waals surface area contributed by atoms with Gasteiger partial charge in [0.1, 0.15) is 11.3 Å². The molecule has 0 aromatic carbocycles. The molecule has 5 nitrogen and oxygen atoms in total. The summed E-state index contributed by atoms with van der Waals surface area (Å²) in [4.78, 5) is 22.3. The SMILES string of the molecule is CCC(C)N=CNC1=C(C=O)CSc2nccc(N(C)C)c21. The number of fused-ring (bicyclic) bond motifs is 1. The Hall–Kier alpha value is -1.82. The summed E-state index contributed by atoms with van der Waals surface area (Å²) < 4.78 is 0. The van der Waals surface area contributed by atoms with Crippen LogP contribution in [0.5, 0.6) is 0 Å². The van der Waals surface area contributed by atoms with Crippen molar-refractivity contribution in [3.05, 3.63) is 23.4 Å². The third kappa shape index (κ3) is 3.50. The summed E-state index contributed by atoms with van der Waals surface area (Å²) in [6.45, 7) is 4.16. The maximum Gasteiger partial charge on any atom is 0.148 e. The molecule has 2 rings (SSSR count). The highest BCUT2D eigenvalue weighted by Crippen LogP contribution is 2.38. The monoisotopic (exact) mass is 318 g/mol. The summed E-state index contributed by atoms with van der Waals surface area (Å²) in [6.07, 6.45) is 5.40. The van der Waals surface area contributed by atoms with E-state index in [0.717, 1.165) is 40.3 Å². The number of nitrogens with one attached hydrogen (secondary N) is 1. The molecule has 1 N–H and O–H groups in total. The minimum Gasteiger partial charge on any atom is -0.377 e. The third-order valence-corrected chi connectivity index (χ3v) is 4.62. The summed E-state index contributed by atoms with van der Waals surface area (Å²) >= 11 is 1.59. The van der Waals surface area contributed by atoms with Gasteiger partial charge in [-0.1, -0.05) is 6.92 Å². The summed E-state index contributed by atoms with van der Waals surface area (Å²) in [5.41, 5.74) is 3.56. The van der Waals surface area contributed by atoms with Crippen LogP contribution in [-0.2, 0) is 4.79 Å². The Bertz CT molecular complexity index is 610. The van der Waals surface area contributed by atoms with Gasteiger partial charge in [0, 0.05) is 43.3 Å². The Morgan fingerprint density at radius 3 is 2.95 bits per heavy atom. The van der Waals surface area contributed by atoms with Crippen molar-refractivity contribution in [1.82, 2.24) is 10.3 Å². The molecule has 0 aliphatic carbocycles. The Morgan fingerprint density at radius 1 is 1.55 bits per heavy atom. The molecule has 1 atom stereocenters. The van der Waals surface area contributed by atoms with E-state index in [-0.39, 0.29) is 6.04 Å². The molecule has 6 heteroatoms. The predicted octanol–water partition coefficient (Wildman–Crippen LogP) is 2.58. The standard InChI is InChI=1S/C16H22N4OS/c1-5-11(2)18-10-19-15-12(8-21)9-22-16-14(15)13(20(3)4)6-7-17-16/h6-8,10-11H,5,9H2,1-4H3,(H,18,19). The van der Waals surface area contributed by atoms with Gasteiger partial charge in [-0.2, -0.15) is 0 Å². The molecule has 2 heterocycles. The van der Waals surface area contributed by atoms with Gasteiger partial charge in [0.15, 0.2) is 0 Å². The lowest BCUT2D eigenvalue weighted by Crippen LogP contribution is -2.22. The van der Waals surface area contributed by atoms with Gasteiger partial charge in [0.05, 0.1) is 17.6 Å². The number of carbonyl (C=O) groups is 1. The van der Waals surface area contributed by atoms with Crippen LogP contribution in [0.1, 0.15) is 25.8 Å². The van der Waals surface area contributed by atoms with Crippen LogP contribution in [0, 0.1) is 0 Å². The van der Waals surface area contributed by atoms with E-state index in [1.165, 1.54) is 0 Å². The fourth-order valence-corrected chi connectivity index (χ4v) is 3.11. The highest BCUT2D eigenvalue weighted by Gasteiger charge is 2.23. The number of nitrogens with zero attached hydrogens (tertiary/aromatic N) is 3. The zero-order valence-electron chi connectivity index (χ0n) is 13.5. The highest BCUT2D eigenvalue weighted by molar-refractivity contribution is 7.99. The van der Waals surface area contributed by atoms with E-state index in [1.54, 1.807) is 24.3 Å². The molecule has 0 spiro atoms. The average Bonchev–Trinajstić information content (AvgIpc) is 2.53. The molecule has 0 amide bonds. The van der Waals surface area contributed by atoms with E-state index in [0.29, 0.717) is 5.75 Å². The molecule has 1 unspecified atom stereocenters. The Kier molecular flexibility index (Phi) is 5.60. The van der Waals surface area contributed by atoms with Crippen LogP contribution < -0.4 is 10.2 Å². The number of rotatable bonds is 6. The van der Waals surface area contributed by atoms with Gasteiger partial charge >= 0.3 is 0 Å². The Labute approximate surface area is 135 Å². The lowest BCUT2D eigenvalue weighted by molar-refractivity contribution is -0.104. The van der Waals surface area contributed by atoms with Gasteiger partial charge in [-0.25, -0.2) is 4.98 Å². The fourth-order valence-electron chi connectivity index (χ4n) is 2.12. The molecule has 118 valence electrons.